The number of carboxylic acids is 1. The highest BCUT2D eigenvalue weighted by Gasteiger charge is 2.77. The number of carbonyl (C=O) groups is 1. The first-order valence-corrected chi connectivity index (χ1v) is 11.3. The molecule has 3 nitrogen and oxygen atoms in total. The second-order valence-electron chi connectivity index (χ2n) is 11.3. The van der Waals surface area contributed by atoms with E-state index in [4.69, 9.17) is 4.74 Å². The maximum absolute atomic E-state index is 11.3. The predicted molar refractivity (Wildman–Crippen MR) is 93.9 cm³/mol. The second-order valence-corrected chi connectivity index (χ2v) is 11.3. The third-order valence-electron chi connectivity index (χ3n) is 11.1. The largest absolute Gasteiger partial charge is 0.481 e. The first-order valence-electron chi connectivity index (χ1n) is 11.3. The van der Waals surface area contributed by atoms with E-state index in [0.717, 1.165) is 65.1 Å². The van der Waals surface area contributed by atoms with E-state index in [2.05, 4.69) is 12.2 Å². The van der Waals surface area contributed by atoms with Crippen molar-refractivity contribution >= 4 is 5.97 Å². The molecule has 7 fully saturated rings. The van der Waals surface area contributed by atoms with Gasteiger partial charge in [0.05, 0.1) is 12.2 Å². The van der Waals surface area contributed by atoms with Gasteiger partial charge in [-0.3, -0.25) is 4.79 Å². The Morgan fingerprint density at radius 3 is 2.15 bits per heavy atom. The summed E-state index contributed by atoms with van der Waals surface area (Å²) in [6, 6.07) is 0. The summed E-state index contributed by atoms with van der Waals surface area (Å²) in [5.41, 5.74) is 0. The molecule has 8 bridgehead atoms. The van der Waals surface area contributed by atoms with Gasteiger partial charge in [-0.2, -0.15) is 0 Å². The van der Waals surface area contributed by atoms with Crippen LogP contribution in [0.4, 0.5) is 0 Å². The van der Waals surface area contributed by atoms with Gasteiger partial charge < -0.3 is 9.84 Å². The number of hydrogen-bond acceptors (Lipinski definition) is 2. The van der Waals surface area contributed by atoms with Gasteiger partial charge in [0, 0.05) is 6.42 Å². The Hall–Kier alpha value is -0.830. The van der Waals surface area contributed by atoms with Gasteiger partial charge in [-0.05, 0) is 103 Å². The molecule has 0 amide bonds. The SMILES string of the molecule is O=C(O)CC1CC2CC1C1C3OC(C21)C1C2CC(C4C5C=CC(C5)C24)C31. The van der Waals surface area contributed by atoms with Crippen LogP contribution in [0.3, 0.4) is 0 Å². The molecule has 0 spiro atoms. The van der Waals surface area contributed by atoms with E-state index in [0.29, 0.717) is 30.5 Å². The number of fused-ring (bicyclic) bond motifs is 23. The van der Waals surface area contributed by atoms with Crippen LogP contribution in [0.1, 0.15) is 32.1 Å². The first-order chi connectivity index (χ1) is 12.7. The van der Waals surface area contributed by atoms with Crippen LogP contribution in [0, 0.1) is 76.9 Å². The Morgan fingerprint density at radius 2 is 1.46 bits per heavy atom. The summed E-state index contributed by atoms with van der Waals surface area (Å²) < 4.78 is 6.81. The first kappa shape index (κ1) is 14.2. The van der Waals surface area contributed by atoms with Crippen molar-refractivity contribution in [1.29, 1.82) is 0 Å². The highest BCUT2D eigenvalue weighted by molar-refractivity contribution is 5.67. The van der Waals surface area contributed by atoms with Crippen LogP contribution in [0.15, 0.2) is 12.2 Å². The summed E-state index contributed by atoms with van der Waals surface area (Å²) >= 11 is 0. The quantitative estimate of drug-likeness (QED) is 0.612. The third kappa shape index (κ3) is 1.34. The third-order valence-corrected chi connectivity index (χ3v) is 11.1. The summed E-state index contributed by atoms with van der Waals surface area (Å²) in [7, 11) is 0. The van der Waals surface area contributed by atoms with Crippen molar-refractivity contribution in [3.63, 3.8) is 0 Å². The van der Waals surface area contributed by atoms with E-state index >= 15 is 0 Å². The molecule has 26 heavy (non-hydrogen) atoms. The zero-order valence-electron chi connectivity index (χ0n) is 15.1. The molecule has 0 aromatic heterocycles. The summed E-state index contributed by atoms with van der Waals surface area (Å²) in [5, 5.41) is 9.34. The normalized spacial score (nSPS) is 69.5. The van der Waals surface area contributed by atoms with Crippen molar-refractivity contribution in [2.24, 2.45) is 76.9 Å². The summed E-state index contributed by atoms with van der Waals surface area (Å²) in [6.07, 6.45) is 12.0. The highest BCUT2D eigenvalue weighted by Crippen LogP contribution is 2.77. The van der Waals surface area contributed by atoms with Gasteiger partial charge in [-0.25, -0.2) is 0 Å². The molecule has 8 aliphatic rings. The summed E-state index contributed by atoms with van der Waals surface area (Å²) in [5.74, 6) is 10.2. The molecule has 0 radical (unpaired) electrons. The van der Waals surface area contributed by atoms with Gasteiger partial charge in [0.2, 0.25) is 0 Å². The Balaban J connectivity index is 1.16. The number of allylic oxidation sites excluding steroid dienone is 2. The van der Waals surface area contributed by atoms with Crippen LogP contribution >= 0.6 is 0 Å². The minimum atomic E-state index is -0.586. The molecule has 2 heterocycles. The van der Waals surface area contributed by atoms with Gasteiger partial charge in [0.15, 0.2) is 0 Å². The van der Waals surface area contributed by atoms with E-state index in [-0.39, 0.29) is 0 Å². The highest BCUT2D eigenvalue weighted by atomic mass is 16.5. The lowest BCUT2D eigenvalue weighted by molar-refractivity contribution is -0.139. The molecular weight excluding hydrogens is 324 g/mol. The van der Waals surface area contributed by atoms with Gasteiger partial charge in [0.25, 0.3) is 0 Å². The van der Waals surface area contributed by atoms with Crippen molar-refractivity contribution in [3.8, 4) is 0 Å². The van der Waals surface area contributed by atoms with Crippen molar-refractivity contribution in [1.82, 2.24) is 0 Å². The molecule has 1 N–H and O–H groups in total. The molecule has 5 saturated carbocycles. The molecule has 15 unspecified atom stereocenters. The summed E-state index contributed by atoms with van der Waals surface area (Å²) in [4.78, 5) is 11.3. The molecule has 3 heteroatoms. The van der Waals surface area contributed by atoms with Gasteiger partial charge >= 0.3 is 5.97 Å². The van der Waals surface area contributed by atoms with Crippen LogP contribution in [0.2, 0.25) is 0 Å². The zero-order chi connectivity index (χ0) is 16.9. The molecule has 6 aliphatic carbocycles. The number of ether oxygens (including phenoxy) is 1. The Morgan fingerprint density at radius 1 is 0.808 bits per heavy atom. The molecule has 0 aromatic rings. The van der Waals surface area contributed by atoms with Gasteiger partial charge in [-0.15, -0.1) is 0 Å². The number of aliphatic carboxylic acids is 1. The van der Waals surface area contributed by atoms with Crippen molar-refractivity contribution < 1.29 is 14.6 Å². The zero-order valence-corrected chi connectivity index (χ0v) is 15.1. The van der Waals surface area contributed by atoms with Crippen LogP contribution in [-0.2, 0) is 9.53 Å². The monoisotopic (exact) mass is 352 g/mol. The molecular formula is C23H28O3. The Kier molecular flexibility index (Phi) is 2.33. The predicted octanol–water partition coefficient (Wildman–Crippen LogP) is 3.45. The molecule has 2 saturated heterocycles. The van der Waals surface area contributed by atoms with E-state index in [1.54, 1.807) is 0 Å². The maximum atomic E-state index is 11.3. The molecule has 15 atom stereocenters. The lowest BCUT2D eigenvalue weighted by atomic mass is 9.54. The van der Waals surface area contributed by atoms with E-state index in [9.17, 15) is 9.90 Å². The standard InChI is InChI=1S/C23H28O3/c24-15(25)6-10-4-11-5-12(10)19-18(11)22-20-13-7-14(21(20)23(19)26-22)17-9-2-1-8(3-9)16(13)17/h1-2,8-14,16-23H,3-7H2,(H,24,25). The Bertz CT molecular complexity index is 744. The van der Waals surface area contributed by atoms with E-state index < -0.39 is 5.97 Å². The molecule has 138 valence electrons. The van der Waals surface area contributed by atoms with Crippen LogP contribution in [-0.4, -0.2) is 23.3 Å². The average molecular weight is 352 g/mol. The fraction of sp³-hybridized carbons (Fsp3) is 0.870. The number of carboxylic acid groups (broad SMARTS) is 1. The van der Waals surface area contributed by atoms with E-state index in [1.165, 1.54) is 25.7 Å². The molecule has 8 rings (SSSR count). The fourth-order valence-corrected chi connectivity index (χ4v) is 11.1. The minimum absolute atomic E-state index is 0.404. The average Bonchev–Trinajstić information content (AvgIpc) is 3.44. The molecule has 0 aromatic carbocycles. The molecule has 2 aliphatic heterocycles. The van der Waals surface area contributed by atoms with Crippen molar-refractivity contribution in [2.75, 3.05) is 0 Å². The van der Waals surface area contributed by atoms with Gasteiger partial charge in [0.1, 0.15) is 0 Å². The lowest BCUT2D eigenvalue weighted by Crippen LogP contribution is -2.50. The topological polar surface area (TPSA) is 46.5 Å². The number of rotatable bonds is 2. The van der Waals surface area contributed by atoms with E-state index in [1.807, 2.05) is 0 Å². The van der Waals surface area contributed by atoms with Crippen molar-refractivity contribution in [2.45, 2.75) is 44.3 Å². The number of hydrogen-bond donors (Lipinski definition) is 1. The lowest BCUT2D eigenvalue weighted by Gasteiger charge is -2.48. The maximum Gasteiger partial charge on any atom is 0.303 e. The fourth-order valence-electron chi connectivity index (χ4n) is 11.1. The van der Waals surface area contributed by atoms with Gasteiger partial charge in [-0.1, -0.05) is 12.2 Å². The minimum Gasteiger partial charge on any atom is -0.481 e. The van der Waals surface area contributed by atoms with Crippen molar-refractivity contribution in [3.05, 3.63) is 12.2 Å². The smallest absolute Gasteiger partial charge is 0.303 e. The Labute approximate surface area is 154 Å². The van der Waals surface area contributed by atoms with Crippen LogP contribution < -0.4 is 0 Å². The van der Waals surface area contributed by atoms with Crippen LogP contribution in [0.5, 0.6) is 0 Å². The second kappa shape index (κ2) is 4.26. The summed E-state index contributed by atoms with van der Waals surface area (Å²) in [6.45, 7) is 0. The van der Waals surface area contributed by atoms with Crippen LogP contribution in [0.25, 0.3) is 0 Å².